The van der Waals surface area contributed by atoms with Gasteiger partial charge in [-0.25, -0.2) is 0 Å². The Kier molecular flexibility index (Phi) is 27.9. The van der Waals surface area contributed by atoms with Crippen molar-refractivity contribution in [2.45, 2.75) is 133 Å². The molecule has 0 radical (unpaired) electrons. The Morgan fingerprint density at radius 3 is 1.07 bits per heavy atom. The summed E-state index contributed by atoms with van der Waals surface area (Å²) in [6.45, 7) is 3.76. The first kappa shape index (κ1) is 55.6. The van der Waals surface area contributed by atoms with E-state index in [1.807, 2.05) is 42.3 Å². The van der Waals surface area contributed by atoms with Crippen LogP contribution in [0.3, 0.4) is 0 Å². The van der Waals surface area contributed by atoms with E-state index in [-0.39, 0.29) is 29.6 Å². The van der Waals surface area contributed by atoms with E-state index in [0.29, 0.717) is 36.5 Å². The predicted molar refractivity (Wildman–Crippen MR) is 232 cm³/mol. The Hall–Kier alpha value is -3.42. The maximum atomic E-state index is 10.6. The fraction of sp³-hybridized carbons (Fsp3) is 0.860. The topological polar surface area (TPSA) is 278 Å². The average molecular weight is 873 g/mol. The first-order chi connectivity index (χ1) is 28.8. The summed E-state index contributed by atoms with van der Waals surface area (Å²) in [5.74, 6) is -3.92. The molecule has 10 N–H and O–H groups in total. The molecule has 6 aliphatic rings. The van der Waals surface area contributed by atoms with Gasteiger partial charge in [-0.05, 0) is 158 Å². The van der Waals surface area contributed by atoms with Gasteiger partial charge in [0.2, 0.25) is 0 Å². The zero-order valence-corrected chi connectivity index (χ0v) is 37.6. The lowest BCUT2D eigenvalue weighted by atomic mass is 9.86. The van der Waals surface area contributed by atoms with Crippen LogP contribution in [0.1, 0.15) is 109 Å². The second-order valence-electron chi connectivity index (χ2n) is 17.6. The minimum absolute atomic E-state index is 0.0837. The van der Waals surface area contributed by atoms with Crippen molar-refractivity contribution in [3.8, 4) is 0 Å². The van der Waals surface area contributed by atoms with Crippen molar-refractivity contribution >= 4 is 35.8 Å². The largest absolute Gasteiger partial charge is 0.481 e. The number of likely N-dealkylation sites (tertiary alicyclic amines) is 2. The first-order valence-electron chi connectivity index (χ1n) is 22.3. The van der Waals surface area contributed by atoms with Gasteiger partial charge in [-0.3, -0.25) is 28.8 Å². The van der Waals surface area contributed by atoms with E-state index in [0.717, 1.165) is 129 Å². The molecule has 61 heavy (non-hydrogen) atoms. The number of nitrogens with zero attached hydrogens (tertiary/aromatic N) is 2. The Balaban J connectivity index is 0.000000366. The molecule has 4 saturated carbocycles. The maximum absolute atomic E-state index is 10.6. The summed E-state index contributed by atoms with van der Waals surface area (Å²) in [4.78, 5) is 66.8. The molecule has 2 heterocycles. The molecule has 18 nitrogen and oxygen atoms in total. The third-order valence-electron chi connectivity index (χ3n) is 13.0. The molecule has 6 rings (SSSR count). The van der Waals surface area contributed by atoms with Gasteiger partial charge in [-0.2, -0.15) is 0 Å². The number of carbonyl (C=O) groups is 6. The van der Waals surface area contributed by atoms with Crippen LogP contribution in [0.4, 0.5) is 0 Å². The molecule has 0 amide bonds. The summed E-state index contributed by atoms with van der Waals surface area (Å²) in [5.41, 5.74) is 0. The number of rotatable bonds is 11. The van der Waals surface area contributed by atoms with E-state index < -0.39 is 35.8 Å². The molecule has 354 valence electrons. The Bertz CT molecular complexity index is 1260. The molecule has 18 heteroatoms. The van der Waals surface area contributed by atoms with Crippen LogP contribution >= 0.6 is 0 Å². The Labute approximate surface area is 363 Å². The van der Waals surface area contributed by atoms with Crippen molar-refractivity contribution in [2.24, 2.45) is 35.5 Å². The predicted octanol–water partition coefficient (Wildman–Crippen LogP) is 3.05. The van der Waals surface area contributed by atoms with Crippen LogP contribution in [0, 0.1) is 35.5 Å². The molecular weight excluding hydrogens is 793 g/mol. The molecule has 6 atom stereocenters. The van der Waals surface area contributed by atoms with Crippen molar-refractivity contribution in [1.29, 1.82) is 0 Å². The number of hydrogen-bond acceptors (Lipinski definition) is 12. The Morgan fingerprint density at radius 1 is 0.426 bits per heavy atom. The van der Waals surface area contributed by atoms with Crippen LogP contribution in [0.5, 0.6) is 0 Å². The molecule has 4 aliphatic carbocycles. The van der Waals surface area contributed by atoms with Gasteiger partial charge in [0.05, 0.1) is 36.0 Å². The second-order valence-corrected chi connectivity index (χ2v) is 17.6. The molecular formula is C43H80N6O12. The first-order valence-corrected chi connectivity index (χ1v) is 22.3. The van der Waals surface area contributed by atoms with Gasteiger partial charge in [-0.1, -0.05) is 6.42 Å². The van der Waals surface area contributed by atoms with Crippen molar-refractivity contribution in [2.75, 3.05) is 68.5 Å². The number of nitrogens with one attached hydrogen (secondary N) is 4. The Morgan fingerprint density at radius 2 is 0.754 bits per heavy atom. The molecule has 2 saturated heterocycles. The summed E-state index contributed by atoms with van der Waals surface area (Å²) in [7, 11) is 11.6. The minimum atomic E-state index is -0.673. The van der Waals surface area contributed by atoms with Crippen LogP contribution < -0.4 is 21.3 Å². The number of hydrogen-bond donors (Lipinski definition) is 10. The van der Waals surface area contributed by atoms with Crippen LogP contribution in [0.2, 0.25) is 0 Å². The highest BCUT2D eigenvalue weighted by Crippen LogP contribution is 2.27. The van der Waals surface area contributed by atoms with E-state index in [4.69, 9.17) is 30.6 Å². The highest BCUT2D eigenvalue weighted by molar-refractivity contribution is 5.71. The number of carboxylic acids is 6. The molecule has 0 spiro atoms. The molecule has 0 aromatic heterocycles. The molecule has 0 aromatic carbocycles. The number of carboxylic acid groups (broad SMARTS) is 6. The van der Waals surface area contributed by atoms with E-state index in [9.17, 15) is 28.8 Å². The van der Waals surface area contributed by atoms with Crippen molar-refractivity contribution in [3.63, 3.8) is 0 Å². The monoisotopic (exact) mass is 873 g/mol. The maximum Gasteiger partial charge on any atom is 0.306 e. The van der Waals surface area contributed by atoms with E-state index in [1.54, 1.807) is 0 Å². The normalized spacial score (nSPS) is 29.0. The number of piperidine rings is 1. The van der Waals surface area contributed by atoms with Gasteiger partial charge in [0.1, 0.15) is 0 Å². The molecule has 6 fully saturated rings. The summed E-state index contributed by atoms with van der Waals surface area (Å²) in [5, 5.41) is 64.0. The van der Waals surface area contributed by atoms with Crippen LogP contribution in [-0.2, 0) is 28.8 Å². The fourth-order valence-corrected chi connectivity index (χ4v) is 8.70. The van der Waals surface area contributed by atoms with Gasteiger partial charge in [0.25, 0.3) is 0 Å². The quantitative estimate of drug-likeness (QED) is 0.143. The lowest BCUT2D eigenvalue weighted by Crippen LogP contribution is -2.44. The van der Waals surface area contributed by atoms with Crippen molar-refractivity contribution < 1.29 is 59.4 Å². The van der Waals surface area contributed by atoms with E-state index in [1.165, 1.54) is 0 Å². The van der Waals surface area contributed by atoms with Gasteiger partial charge in [-0.15, -0.1) is 0 Å². The second kappa shape index (κ2) is 30.6. The summed E-state index contributed by atoms with van der Waals surface area (Å²) >= 11 is 0. The van der Waals surface area contributed by atoms with Crippen LogP contribution in [-0.4, -0.2) is 169 Å². The summed E-state index contributed by atoms with van der Waals surface area (Å²) < 4.78 is 0. The van der Waals surface area contributed by atoms with Gasteiger partial charge < -0.3 is 61.7 Å². The van der Waals surface area contributed by atoms with Crippen LogP contribution in [0.15, 0.2) is 0 Å². The van der Waals surface area contributed by atoms with Gasteiger partial charge >= 0.3 is 35.8 Å². The SMILES string of the molecule is CN1CC(CC(=O)O)C1.CN1CCC(C(=O)O)CC1.CNC1CCC(C(=O)O)C1.CNC1CCC(C(=O)O)CC1.CNC1CCCC(C(=O)O)C1.CN[C@@H]1CC[C@H](C(=O)O)C1. The lowest BCUT2D eigenvalue weighted by Gasteiger charge is -2.35. The van der Waals surface area contributed by atoms with Crippen molar-refractivity contribution in [1.82, 2.24) is 31.1 Å². The third kappa shape index (κ3) is 23.6. The minimum Gasteiger partial charge on any atom is -0.481 e. The van der Waals surface area contributed by atoms with Gasteiger partial charge in [0, 0.05) is 37.3 Å². The summed E-state index contributed by atoms with van der Waals surface area (Å²) in [6.07, 6.45) is 14.7. The number of aliphatic carboxylic acids is 6. The van der Waals surface area contributed by atoms with Crippen LogP contribution in [0.25, 0.3) is 0 Å². The average Bonchev–Trinajstić information content (AvgIpc) is 3.93. The highest BCUT2D eigenvalue weighted by Gasteiger charge is 2.30. The smallest absolute Gasteiger partial charge is 0.306 e. The standard InChI is InChI=1S/2C8H15NO2.3C7H13NO2.C6H11NO2/c1-9-7-4-2-6(3-5-7)8(10)11;1-9-7-4-2-3-6(5-7)8(10)11;1-8-4-2-6(3-5-8)7(9)10;2*1-8-6-3-2-5(4-6)7(9)10;1-7-3-5(4-7)2-6(8)9/h2*6-7,9H,2-5H2,1H3,(H,10,11);6H,2-5H2,1H3,(H,9,10);2*5-6,8H,2-4H2,1H3,(H,9,10);5H,2-4H2,1H3,(H,8,9)/t;;;5-,6+;;/m...0../s1. The molecule has 0 aromatic rings. The molecule has 4 unspecified atom stereocenters. The van der Waals surface area contributed by atoms with E-state index in [2.05, 4.69) is 31.1 Å². The third-order valence-corrected chi connectivity index (χ3v) is 13.0. The zero-order valence-electron chi connectivity index (χ0n) is 37.6. The van der Waals surface area contributed by atoms with Crippen molar-refractivity contribution in [3.05, 3.63) is 0 Å². The summed E-state index contributed by atoms with van der Waals surface area (Å²) in [6, 6.07) is 1.83. The molecule has 2 aliphatic heterocycles. The highest BCUT2D eigenvalue weighted by atomic mass is 16.4. The zero-order chi connectivity index (χ0) is 46.1. The lowest BCUT2D eigenvalue weighted by molar-refractivity contribution is -0.144. The van der Waals surface area contributed by atoms with E-state index >= 15 is 0 Å². The van der Waals surface area contributed by atoms with Gasteiger partial charge in [0.15, 0.2) is 0 Å². The fourth-order valence-electron chi connectivity index (χ4n) is 8.70. The molecule has 0 bridgehead atoms.